The summed E-state index contributed by atoms with van der Waals surface area (Å²) in [6.45, 7) is 1.17. The minimum Gasteiger partial charge on any atom is -0.468 e. The molecule has 3 aliphatic rings. The highest BCUT2D eigenvalue weighted by Crippen LogP contribution is 2.55. The zero-order valence-corrected chi connectivity index (χ0v) is 19.0. The van der Waals surface area contributed by atoms with Crippen LogP contribution in [-0.4, -0.2) is 62.1 Å². The summed E-state index contributed by atoms with van der Waals surface area (Å²) in [5, 5.41) is 1.10. The molecule has 1 aromatic heterocycles. The van der Waals surface area contributed by atoms with Crippen molar-refractivity contribution >= 4 is 39.5 Å². The smallest absolute Gasteiger partial charge is 0.319 e. The molecule has 154 valence electrons. The molecular formula is C22H25IN2O4. The van der Waals surface area contributed by atoms with Crippen LogP contribution in [0.25, 0.3) is 10.9 Å². The predicted octanol–water partition coefficient (Wildman–Crippen LogP) is 2.90. The summed E-state index contributed by atoms with van der Waals surface area (Å²) in [5.41, 5.74) is 1.03. The van der Waals surface area contributed by atoms with E-state index < -0.39 is 11.2 Å². The average molecular weight is 508 g/mol. The monoisotopic (exact) mass is 508 g/mol. The number of carbonyl (C=O) groups is 1. The first kappa shape index (κ1) is 20.7. The topological polar surface area (TPSA) is 63.8 Å². The standard InChI is InChI=1S/C22H25IN2O4/c1-5-10-25-13-14-11-21(20(26)27-2,17(25)12-22(14,28-3)29-4)19-18(23)15-8-6-7-9-16(15)24-19/h1,6-9,14,17,24H,10-13H2,2-4H3/t14-,17+,21+/m0/s1. The van der Waals surface area contributed by atoms with Crippen LogP contribution < -0.4 is 0 Å². The Morgan fingerprint density at radius 2 is 2.03 bits per heavy atom. The molecule has 1 N–H and O–H groups in total. The third-order valence-electron chi connectivity index (χ3n) is 6.76. The SMILES string of the molecule is C#CCN1C[C@@H]2C[C@](C(=O)OC)(c3[nH]c4ccccc4c3I)[C@H]1CC2(OC)OC. The van der Waals surface area contributed by atoms with Crippen LogP contribution in [0.5, 0.6) is 0 Å². The van der Waals surface area contributed by atoms with E-state index in [1.165, 1.54) is 7.11 Å². The lowest BCUT2D eigenvalue weighted by atomic mass is 9.58. The van der Waals surface area contributed by atoms with Crippen LogP contribution in [0, 0.1) is 21.8 Å². The number of methoxy groups -OCH3 is 3. The zero-order chi connectivity index (χ0) is 20.8. The van der Waals surface area contributed by atoms with Gasteiger partial charge in [0.05, 0.1) is 13.7 Å². The van der Waals surface area contributed by atoms with Crippen molar-refractivity contribution in [1.29, 1.82) is 0 Å². The van der Waals surface area contributed by atoms with Crippen molar-refractivity contribution in [3.8, 4) is 12.3 Å². The number of fused-ring (bicyclic) bond motifs is 4. The molecule has 3 atom stereocenters. The second-order valence-corrected chi connectivity index (χ2v) is 8.88. The van der Waals surface area contributed by atoms with Gasteiger partial charge in [0.1, 0.15) is 5.41 Å². The number of benzene rings is 1. The van der Waals surface area contributed by atoms with Crippen molar-refractivity contribution in [2.75, 3.05) is 34.4 Å². The number of terminal acetylenes is 1. The van der Waals surface area contributed by atoms with Crippen molar-refractivity contribution in [2.45, 2.75) is 30.1 Å². The summed E-state index contributed by atoms with van der Waals surface area (Å²) in [5.74, 6) is 1.74. The van der Waals surface area contributed by atoms with Crippen LogP contribution in [0.3, 0.4) is 0 Å². The molecule has 3 heterocycles. The summed E-state index contributed by atoms with van der Waals surface area (Å²) in [7, 11) is 4.79. The van der Waals surface area contributed by atoms with Gasteiger partial charge in [-0.1, -0.05) is 24.1 Å². The molecule has 2 aromatic rings. The number of esters is 1. The summed E-state index contributed by atoms with van der Waals surface area (Å²) < 4.78 is 18.1. The molecule has 0 radical (unpaired) electrons. The molecular weight excluding hydrogens is 483 g/mol. The average Bonchev–Trinajstić information content (AvgIpc) is 3.10. The van der Waals surface area contributed by atoms with Crippen molar-refractivity contribution in [3.63, 3.8) is 0 Å². The molecule has 6 nitrogen and oxygen atoms in total. The summed E-state index contributed by atoms with van der Waals surface area (Å²) in [6, 6.07) is 7.88. The van der Waals surface area contributed by atoms with Gasteiger partial charge < -0.3 is 19.2 Å². The van der Waals surface area contributed by atoms with Crippen LogP contribution in [-0.2, 0) is 24.4 Å². The minimum atomic E-state index is -0.870. The molecule has 1 saturated carbocycles. The molecule has 2 saturated heterocycles. The number of hydrogen-bond donors (Lipinski definition) is 1. The van der Waals surface area contributed by atoms with E-state index in [9.17, 15) is 4.79 Å². The van der Waals surface area contributed by atoms with Gasteiger partial charge in [0.15, 0.2) is 5.79 Å². The summed E-state index contributed by atoms with van der Waals surface area (Å²) >= 11 is 2.33. The van der Waals surface area contributed by atoms with Crippen molar-refractivity contribution in [3.05, 3.63) is 33.5 Å². The predicted molar refractivity (Wildman–Crippen MR) is 118 cm³/mol. The van der Waals surface area contributed by atoms with Gasteiger partial charge >= 0.3 is 5.97 Å². The van der Waals surface area contributed by atoms with Crippen LogP contribution in [0.15, 0.2) is 24.3 Å². The van der Waals surface area contributed by atoms with E-state index in [2.05, 4.69) is 44.5 Å². The molecule has 0 amide bonds. The maximum absolute atomic E-state index is 13.4. The molecule has 0 spiro atoms. The van der Waals surface area contributed by atoms with Crippen LogP contribution in [0.1, 0.15) is 18.5 Å². The van der Waals surface area contributed by atoms with Crippen LogP contribution in [0.4, 0.5) is 0 Å². The number of hydrogen-bond acceptors (Lipinski definition) is 5. The first-order chi connectivity index (χ1) is 14.0. The maximum Gasteiger partial charge on any atom is 0.319 e. The van der Waals surface area contributed by atoms with Gasteiger partial charge in [-0.15, -0.1) is 6.42 Å². The molecule has 5 rings (SSSR count). The van der Waals surface area contributed by atoms with E-state index in [0.29, 0.717) is 25.9 Å². The Morgan fingerprint density at radius 1 is 1.31 bits per heavy atom. The van der Waals surface area contributed by atoms with Crippen molar-refractivity contribution in [2.24, 2.45) is 5.92 Å². The van der Waals surface area contributed by atoms with E-state index in [-0.39, 0.29) is 17.9 Å². The van der Waals surface area contributed by atoms with E-state index in [0.717, 1.165) is 20.2 Å². The minimum absolute atomic E-state index is 0.0304. The number of para-hydroxylation sites is 1. The molecule has 3 fully saturated rings. The van der Waals surface area contributed by atoms with Crippen LogP contribution >= 0.6 is 22.6 Å². The lowest BCUT2D eigenvalue weighted by Crippen LogP contribution is -2.72. The van der Waals surface area contributed by atoms with Gasteiger partial charge in [-0.3, -0.25) is 9.69 Å². The van der Waals surface area contributed by atoms with Gasteiger partial charge in [0, 0.05) is 59.3 Å². The zero-order valence-electron chi connectivity index (χ0n) is 16.8. The van der Waals surface area contributed by atoms with E-state index in [1.807, 2.05) is 18.2 Å². The fraction of sp³-hybridized carbons (Fsp3) is 0.500. The highest BCUT2D eigenvalue weighted by atomic mass is 127. The molecule has 29 heavy (non-hydrogen) atoms. The fourth-order valence-electron chi connectivity index (χ4n) is 5.41. The maximum atomic E-state index is 13.4. The lowest BCUT2D eigenvalue weighted by Gasteiger charge is -2.60. The van der Waals surface area contributed by atoms with E-state index in [4.69, 9.17) is 20.6 Å². The van der Waals surface area contributed by atoms with Gasteiger partial charge in [0.25, 0.3) is 0 Å². The number of aromatic nitrogens is 1. The quantitative estimate of drug-likeness (QED) is 0.292. The first-order valence-electron chi connectivity index (χ1n) is 9.60. The highest BCUT2D eigenvalue weighted by molar-refractivity contribution is 14.1. The lowest BCUT2D eigenvalue weighted by molar-refractivity contribution is -0.296. The van der Waals surface area contributed by atoms with E-state index in [1.54, 1.807) is 14.2 Å². The number of nitrogens with zero attached hydrogens (tertiary/aromatic N) is 1. The fourth-order valence-corrected chi connectivity index (χ4v) is 6.49. The molecule has 2 aliphatic heterocycles. The normalized spacial score (nSPS) is 28.4. The number of halogens is 1. The number of H-pyrrole nitrogens is 1. The number of rotatable bonds is 5. The molecule has 0 unspecified atom stereocenters. The number of nitrogens with one attached hydrogen (secondary N) is 1. The van der Waals surface area contributed by atoms with Crippen molar-refractivity contribution in [1.82, 2.24) is 9.88 Å². The van der Waals surface area contributed by atoms with Gasteiger partial charge in [-0.25, -0.2) is 0 Å². The number of piperidine rings is 2. The Hall–Kier alpha value is -1.60. The Balaban J connectivity index is 1.94. The third-order valence-corrected chi connectivity index (χ3v) is 7.88. The van der Waals surface area contributed by atoms with Gasteiger partial charge in [-0.05, 0) is 35.1 Å². The summed E-state index contributed by atoms with van der Waals surface area (Å²) in [6.07, 6.45) is 6.77. The Bertz CT molecular complexity index is 977. The number of aromatic amines is 1. The Labute approximate surface area is 184 Å². The molecule has 7 heteroatoms. The molecule has 1 aliphatic carbocycles. The van der Waals surface area contributed by atoms with Gasteiger partial charge in [-0.2, -0.15) is 0 Å². The second-order valence-electron chi connectivity index (χ2n) is 7.80. The third kappa shape index (κ3) is 2.84. The Kier molecular flexibility index (Phi) is 5.40. The van der Waals surface area contributed by atoms with Crippen LogP contribution in [0.2, 0.25) is 0 Å². The molecule has 2 bridgehead atoms. The largest absolute Gasteiger partial charge is 0.468 e. The second kappa shape index (κ2) is 7.58. The Morgan fingerprint density at radius 3 is 2.62 bits per heavy atom. The number of carbonyl (C=O) groups excluding carboxylic acids is 1. The molecule has 1 aromatic carbocycles. The van der Waals surface area contributed by atoms with E-state index >= 15 is 0 Å². The number of ether oxygens (including phenoxy) is 3. The first-order valence-corrected chi connectivity index (χ1v) is 10.7. The summed E-state index contributed by atoms with van der Waals surface area (Å²) in [4.78, 5) is 19.2. The highest BCUT2D eigenvalue weighted by Gasteiger charge is 2.66. The van der Waals surface area contributed by atoms with Crippen molar-refractivity contribution < 1.29 is 19.0 Å². The van der Waals surface area contributed by atoms with Gasteiger partial charge in [0.2, 0.25) is 0 Å².